The largest absolute Gasteiger partial charge is 0.493 e. The number of phosphoric ester groups is 1. The SMILES string of the molecule is CCN(CCCOc1ccc2c(Nc3cnn(CC(=O)Nc4cccc(F)c4)c3)ncnc2c1)CCOP(=O)(O)O. The molecule has 2 aromatic heterocycles. The maximum absolute atomic E-state index is 13.3. The summed E-state index contributed by atoms with van der Waals surface area (Å²) in [5.41, 5.74) is 1.66. The summed E-state index contributed by atoms with van der Waals surface area (Å²) in [4.78, 5) is 40.6. The number of fused-ring (bicyclic) bond motifs is 1. The highest BCUT2D eigenvalue weighted by Crippen LogP contribution is 2.35. The number of phosphoric acid groups is 1. The molecule has 0 bridgehead atoms. The Morgan fingerprint density at radius 2 is 1.98 bits per heavy atom. The fourth-order valence-electron chi connectivity index (χ4n) is 3.99. The van der Waals surface area contributed by atoms with Crippen LogP contribution in [0, 0.1) is 5.82 Å². The molecule has 4 N–H and O–H groups in total. The van der Waals surface area contributed by atoms with E-state index in [9.17, 15) is 13.8 Å². The van der Waals surface area contributed by atoms with Crippen LogP contribution < -0.4 is 15.4 Å². The average molecular weight is 588 g/mol. The predicted octanol–water partition coefficient (Wildman–Crippen LogP) is 3.55. The molecule has 1 amide bonds. The molecule has 4 rings (SSSR count). The molecule has 15 heteroatoms. The van der Waals surface area contributed by atoms with E-state index in [0.717, 1.165) is 5.39 Å². The second kappa shape index (κ2) is 14.1. The molecule has 0 spiro atoms. The van der Waals surface area contributed by atoms with Gasteiger partial charge in [0.1, 0.15) is 30.3 Å². The summed E-state index contributed by atoms with van der Waals surface area (Å²) in [5.74, 6) is 0.421. The smallest absolute Gasteiger partial charge is 0.469 e. The van der Waals surface area contributed by atoms with Crippen molar-refractivity contribution in [3.05, 3.63) is 67.0 Å². The molecule has 0 aliphatic rings. The Bertz CT molecular complexity index is 1510. The third kappa shape index (κ3) is 9.59. The molecule has 2 heterocycles. The van der Waals surface area contributed by atoms with Gasteiger partial charge in [-0.3, -0.25) is 14.0 Å². The van der Waals surface area contributed by atoms with Crippen LogP contribution in [-0.2, 0) is 20.4 Å². The third-order valence-corrected chi connectivity index (χ3v) is 6.44. The maximum Gasteiger partial charge on any atom is 0.469 e. The van der Waals surface area contributed by atoms with Crippen molar-refractivity contribution in [1.29, 1.82) is 0 Å². The normalized spacial score (nSPS) is 11.6. The number of carbonyl (C=O) groups is 1. The van der Waals surface area contributed by atoms with Crippen LogP contribution in [0.1, 0.15) is 13.3 Å². The summed E-state index contributed by atoms with van der Waals surface area (Å²) in [7, 11) is -4.46. The minimum absolute atomic E-state index is 0.0492. The lowest BCUT2D eigenvalue weighted by molar-refractivity contribution is -0.116. The molecule has 41 heavy (non-hydrogen) atoms. The van der Waals surface area contributed by atoms with Gasteiger partial charge in [0.05, 0.1) is 30.6 Å². The summed E-state index contributed by atoms with van der Waals surface area (Å²) in [6, 6.07) is 11.1. The Kier molecular flexibility index (Phi) is 10.3. The molecule has 0 aliphatic carbocycles. The standard InChI is InChI=1S/C26H31FN7O6P/c1-2-33(10-12-40-41(36,37)38)9-4-11-39-22-7-8-23-24(14-22)28-18-29-26(23)32-21-15-30-34(16-21)17-25(35)31-20-6-3-5-19(27)13-20/h3,5-8,13-16,18H,2,4,9-12,17H2,1H3,(H,31,35)(H,28,29,32)(H2,36,37,38). The average Bonchev–Trinajstić information content (AvgIpc) is 3.35. The van der Waals surface area contributed by atoms with E-state index in [1.165, 1.54) is 29.2 Å². The van der Waals surface area contributed by atoms with Gasteiger partial charge >= 0.3 is 7.82 Å². The van der Waals surface area contributed by atoms with Gasteiger partial charge in [-0.15, -0.1) is 0 Å². The fourth-order valence-corrected chi connectivity index (χ4v) is 4.31. The zero-order valence-corrected chi connectivity index (χ0v) is 23.2. The lowest BCUT2D eigenvalue weighted by atomic mass is 10.2. The van der Waals surface area contributed by atoms with Crippen LogP contribution in [0.15, 0.2) is 61.2 Å². The van der Waals surface area contributed by atoms with E-state index < -0.39 is 13.6 Å². The molecule has 0 saturated carbocycles. The Balaban J connectivity index is 1.28. The van der Waals surface area contributed by atoms with E-state index in [1.807, 2.05) is 30.0 Å². The first-order chi connectivity index (χ1) is 19.7. The molecule has 13 nitrogen and oxygen atoms in total. The number of hydrogen-bond donors (Lipinski definition) is 4. The van der Waals surface area contributed by atoms with Crippen molar-refractivity contribution < 1.29 is 32.8 Å². The van der Waals surface area contributed by atoms with Gasteiger partial charge in [-0.05, 0) is 43.3 Å². The maximum atomic E-state index is 13.3. The van der Waals surface area contributed by atoms with Gasteiger partial charge in [0.25, 0.3) is 0 Å². The van der Waals surface area contributed by atoms with E-state index in [0.29, 0.717) is 61.1 Å². The van der Waals surface area contributed by atoms with E-state index in [-0.39, 0.29) is 19.1 Å². The minimum atomic E-state index is -4.46. The summed E-state index contributed by atoms with van der Waals surface area (Å²) < 4.78 is 36.0. The molecule has 218 valence electrons. The first kappa shape index (κ1) is 30.0. The molecule has 0 fully saturated rings. The number of likely N-dealkylation sites (N-methyl/N-ethyl adjacent to an activating group) is 1. The third-order valence-electron chi connectivity index (χ3n) is 5.92. The van der Waals surface area contributed by atoms with Crippen LogP contribution in [0.3, 0.4) is 0 Å². The number of halogens is 1. The van der Waals surface area contributed by atoms with Gasteiger partial charge in [0.2, 0.25) is 5.91 Å². The van der Waals surface area contributed by atoms with Crippen molar-refractivity contribution >= 4 is 41.8 Å². The van der Waals surface area contributed by atoms with Gasteiger partial charge in [0.15, 0.2) is 0 Å². The number of carbonyl (C=O) groups excluding carboxylic acids is 1. The summed E-state index contributed by atoms with van der Waals surface area (Å²) in [5, 5.41) is 10.8. The molecular weight excluding hydrogens is 556 g/mol. The van der Waals surface area contributed by atoms with E-state index in [4.69, 9.17) is 14.5 Å². The highest BCUT2D eigenvalue weighted by atomic mass is 31.2. The number of aromatic nitrogens is 4. The number of benzene rings is 2. The van der Waals surface area contributed by atoms with Gasteiger partial charge in [-0.2, -0.15) is 5.10 Å². The van der Waals surface area contributed by atoms with Crippen molar-refractivity contribution in [1.82, 2.24) is 24.6 Å². The Morgan fingerprint density at radius 1 is 1.12 bits per heavy atom. The Hall–Kier alpha value is -3.94. The summed E-state index contributed by atoms with van der Waals surface area (Å²) in [6.07, 6.45) is 5.38. The van der Waals surface area contributed by atoms with E-state index in [1.54, 1.807) is 18.5 Å². The number of anilines is 3. The Morgan fingerprint density at radius 3 is 2.76 bits per heavy atom. The zero-order chi connectivity index (χ0) is 29.2. The predicted molar refractivity (Wildman–Crippen MR) is 150 cm³/mol. The second-order valence-electron chi connectivity index (χ2n) is 8.97. The fraction of sp³-hybridized carbons (Fsp3) is 0.308. The molecule has 0 atom stereocenters. The van der Waals surface area contributed by atoms with Crippen LogP contribution in [0.2, 0.25) is 0 Å². The Labute approximate surface area is 235 Å². The monoisotopic (exact) mass is 587 g/mol. The zero-order valence-electron chi connectivity index (χ0n) is 22.3. The van der Waals surface area contributed by atoms with Crippen LogP contribution in [-0.4, -0.2) is 73.2 Å². The van der Waals surface area contributed by atoms with E-state index >= 15 is 0 Å². The van der Waals surface area contributed by atoms with E-state index in [2.05, 4.69) is 30.2 Å². The van der Waals surface area contributed by atoms with Crippen LogP contribution >= 0.6 is 7.82 Å². The van der Waals surface area contributed by atoms with Crippen molar-refractivity contribution in [2.75, 3.05) is 43.5 Å². The number of hydrogen-bond acceptors (Lipinski definition) is 9. The molecule has 0 radical (unpaired) electrons. The quantitative estimate of drug-likeness (QED) is 0.119. The van der Waals surface area contributed by atoms with Gasteiger partial charge < -0.3 is 30.1 Å². The van der Waals surface area contributed by atoms with Gasteiger partial charge in [-0.25, -0.2) is 18.9 Å². The summed E-state index contributed by atoms with van der Waals surface area (Å²) >= 11 is 0. The first-order valence-electron chi connectivity index (χ1n) is 12.8. The highest BCUT2D eigenvalue weighted by molar-refractivity contribution is 7.46. The van der Waals surface area contributed by atoms with Crippen molar-refractivity contribution in [3.8, 4) is 5.75 Å². The second-order valence-corrected chi connectivity index (χ2v) is 10.2. The number of amides is 1. The number of nitrogens with one attached hydrogen (secondary N) is 2. The number of ether oxygens (including phenoxy) is 1. The molecule has 0 unspecified atom stereocenters. The van der Waals surface area contributed by atoms with Crippen LogP contribution in [0.4, 0.5) is 21.6 Å². The van der Waals surface area contributed by atoms with Gasteiger partial charge in [0, 0.05) is 36.4 Å². The molecule has 2 aromatic carbocycles. The molecule has 0 aliphatic heterocycles. The van der Waals surface area contributed by atoms with Crippen LogP contribution in [0.5, 0.6) is 5.75 Å². The van der Waals surface area contributed by atoms with Crippen molar-refractivity contribution in [3.63, 3.8) is 0 Å². The number of nitrogens with zero attached hydrogens (tertiary/aromatic N) is 5. The van der Waals surface area contributed by atoms with Crippen LogP contribution in [0.25, 0.3) is 10.9 Å². The molecular formula is C26H31FN7O6P. The summed E-state index contributed by atoms with van der Waals surface area (Å²) in [6.45, 7) is 4.12. The minimum Gasteiger partial charge on any atom is -0.493 e. The molecule has 4 aromatic rings. The van der Waals surface area contributed by atoms with Crippen molar-refractivity contribution in [2.24, 2.45) is 0 Å². The lowest BCUT2D eigenvalue weighted by Gasteiger charge is -2.20. The highest BCUT2D eigenvalue weighted by Gasteiger charge is 2.14. The lowest BCUT2D eigenvalue weighted by Crippen LogP contribution is -2.29. The first-order valence-corrected chi connectivity index (χ1v) is 14.4. The van der Waals surface area contributed by atoms with Gasteiger partial charge in [-0.1, -0.05) is 13.0 Å². The molecule has 0 saturated heterocycles. The number of rotatable bonds is 15. The van der Waals surface area contributed by atoms with Crippen molar-refractivity contribution in [2.45, 2.75) is 19.9 Å². The topological polar surface area (TPSA) is 164 Å².